The largest absolute Gasteiger partial charge is 0.390 e. The zero-order chi connectivity index (χ0) is 22.9. The van der Waals surface area contributed by atoms with Crippen LogP contribution in [0.4, 0.5) is 0 Å². The molecule has 0 spiro atoms. The minimum absolute atomic E-state index is 0.0994. The second-order valence-corrected chi connectivity index (χ2v) is 13.3. The molecule has 0 amide bonds. The topological polar surface area (TPSA) is 66.5 Å². The Morgan fingerprint density at radius 2 is 1.84 bits per heavy atom. The molecule has 9 atom stereocenters. The first-order valence-corrected chi connectivity index (χ1v) is 13.2. The maximum atomic E-state index is 10.7. The molecule has 0 aromatic heterocycles. The van der Waals surface area contributed by atoms with Gasteiger partial charge in [-0.1, -0.05) is 39.3 Å². The van der Waals surface area contributed by atoms with Gasteiger partial charge in [-0.3, -0.25) is 0 Å². The van der Waals surface area contributed by atoms with Gasteiger partial charge in [0.05, 0.1) is 11.2 Å². The first kappa shape index (κ1) is 23.8. The Kier molecular flexibility index (Phi) is 5.80. The van der Waals surface area contributed by atoms with E-state index >= 15 is 0 Å². The average Bonchev–Trinajstić information content (AvgIpc) is 3.05. The molecule has 4 rings (SSSR count). The standard InChI is InChI=1S/C28H49NO2/c1-7-24(3,30)13-10-19(2)21-8-9-22-27(21,6)14-12-23-26(5)17-16-25(4,31)18-20(26)11-15-28(22,23)29/h11,19,21-23,30-31H,7-10,12-18,29H2,1-6H3/t19-,21-,22-,23-,24-,25+,26+,27-,28-/m1/s1. The van der Waals surface area contributed by atoms with E-state index in [0.717, 1.165) is 50.9 Å². The van der Waals surface area contributed by atoms with E-state index in [9.17, 15) is 10.2 Å². The summed E-state index contributed by atoms with van der Waals surface area (Å²) in [7, 11) is 0. The molecule has 0 aromatic rings. The van der Waals surface area contributed by atoms with Gasteiger partial charge in [-0.05, 0) is 119 Å². The molecule has 3 saturated carbocycles. The first-order chi connectivity index (χ1) is 14.3. The van der Waals surface area contributed by atoms with Crippen molar-refractivity contribution in [1.29, 1.82) is 0 Å². The number of rotatable bonds is 5. The molecule has 3 heteroatoms. The van der Waals surface area contributed by atoms with Crippen LogP contribution < -0.4 is 5.73 Å². The molecule has 0 heterocycles. The molecular formula is C28H49NO2. The summed E-state index contributed by atoms with van der Waals surface area (Å²) in [5.41, 5.74) is 8.28. The predicted molar refractivity (Wildman–Crippen MR) is 129 cm³/mol. The van der Waals surface area contributed by atoms with Gasteiger partial charge in [0.15, 0.2) is 0 Å². The van der Waals surface area contributed by atoms with Gasteiger partial charge in [0.2, 0.25) is 0 Å². The normalized spacial score (nSPS) is 50.0. The van der Waals surface area contributed by atoms with Crippen LogP contribution >= 0.6 is 0 Å². The molecule has 0 aromatic carbocycles. The molecule has 0 radical (unpaired) electrons. The third-order valence-electron chi connectivity index (χ3n) is 11.2. The van der Waals surface area contributed by atoms with Crippen LogP contribution in [0.3, 0.4) is 0 Å². The van der Waals surface area contributed by atoms with Crippen molar-refractivity contribution >= 4 is 0 Å². The summed E-state index contributed by atoms with van der Waals surface area (Å²) in [6, 6.07) is 0. The van der Waals surface area contributed by atoms with Crippen LogP contribution in [0, 0.1) is 34.5 Å². The summed E-state index contributed by atoms with van der Waals surface area (Å²) in [4.78, 5) is 0. The highest BCUT2D eigenvalue weighted by Gasteiger charge is 2.64. The summed E-state index contributed by atoms with van der Waals surface area (Å²) in [6.45, 7) is 13.5. The molecule has 3 fully saturated rings. The molecule has 31 heavy (non-hydrogen) atoms. The second kappa shape index (κ2) is 7.57. The fourth-order valence-electron chi connectivity index (χ4n) is 8.91. The van der Waals surface area contributed by atoms with Crippen molar-refractivity contribution in [2.75, 3.05) is 0 Å². The van der Waals surface area contributed by atoms with Gasteiger partial charge in [-0.2, -0.15) is 0 Å². The van der Waals surface area contributed by atoms with Gasteiger partial charge in [-0.15, -0.1) is 0 Å². The first-order valence-electron chi connectivity index (χ1n) is 13.2. The molecule has 0 aliphatic heterocycles. The second-order valence-electron chi connectivity index (χ2n) is 13.3. The van der Waals surface area contributed by atoms with Gasteiger partial charge in [-0.25, -0.2) is 0 Å². The Hall–Kier alpha value is -0.380. The Labute approximate surface area is 191 Å². The Bertz CT molecular complexity index is 727. The Morgan fingerprint density at radius 3 is 2.52 bits per heavy atom. The fourth-order valence-corrected chi connectivity index (χ4v) is 8.91. The molecule has 0 unspecified atom stereocenters. The quantitative estimate of drug-likeness (QED) is 0.469. The van der Waals surface area contributed by atoms with Crippen molar-refractivity contribution in [3.8, 4) is 0 Å². The third kappa shape index (κ3) is 3.75. The van der Waals surface area contributed by atoms with Crippen LogP contribution in [0.5, 0.6) is 0 Å². The SMILES string of the molecule is CC[C@@](C)(O)CC[C@@H](C)[C@H]1CC[C@@H]2[C@]1(C)CC[C@H]1[C@@]2(N)CC=C2C[C@@](C)(O)CC[C@@]21C. The number of nitrogens with two attached hydrogens (primary N) is 1. The molecule has 0 bridgehead atoms. The van der Waals surface area contributed by atoms with Crippen molar-refractivity contribution in [3.63, 3.8) is 0 Å². The predicted octanol–water partition coefficient (Wildman–Crippen LogP) is 5.98. The van der Waals surface area contributed by atoms with Gasteiger partial charge >= 0.3 is 0 Å². The highest BCUT2D eigenvalue weighted by molar-refractivity contribution is 5.31. The van der Waals surface area contributed by atoms with E-state index in [1.807, 2.05) is 13.8 Å². The number of aliphatic hydroxyl groups is 2. The van der Waals surface area contributed by atoms with Crippen molar-refractivity contribution in [1.82, 2.24) is 0 Å². The monoisotopic (exact) mass is 431 g/mol. The van der Waals surface area contributed by atoms with Gasteiger partial charge in [0.25, 0.3) is 0 Å². The Balaban J connectivity index is 1.56. The van der Waals surface area contributed by atoms with Crippen molar-refractivity contribution < 1.29 is 10.2 Å². The molecule has 4 aliphatic carbocycles. The van der Waals surface area contributed by atoms with Crippen molar-refractivity contribution in [3.05, 3.63) is 11.6 Å². The highest BCUT2D eigenvalue weighted by Crippen LogP contribution is 2.68. The molecular weight excluding hydrogens is 382 g/mol. The maximum absolute atomic E-state index is 10.7. The van der Waals surface area contributed by atoms with Crippen LogP contribution in [0.25, 0.3) is 0 Å². The van der Waals surface area contributed by atoms with E-state index in [4.69, 9.17) is 5.73 Å². The van der Waals surface area contributed by atoms with E-state index < -0.39 is 11.2 Å². The molecule has 3 nitrogen and oxygen atoms in total. The summed E-state index contributed by atoms with van der Waals surface area (Å²) in [5, 5.41) is 21.2. The number of hydrogen-bond donors (Lipinski definition) is 3. The lowest BCUT2D eigenvalue weighted by Crippen LogP contribution is -2.66. The van der Waals surface area contributed by atoms with E-state index in [1.54, 1.807) is 0 Å². The molecule has 4 aliphatic rings. The summed E-state index contributed by atoms with van der Waals surface area (Å²) >= 11 is 0. The zero-order valence-corrected chi connectivity index (χ0v) is 21.1. The summed E-state index contributed by atoms with van der Waals surface area (Å²) in [6.07, 6.45) is 14.2. The maximum Gasteiger partial charge on any atom is 0.0657 e. The lowest BCUT2D eigenvalue weighted by Gasteiger charge is -2.63. The smallest absolute Gasteiger partial charge is 0.0657 e. The lowest BCUT2D eigenvalue weighted by molar-refractivity contribution is -0.0852. The van der Waals surface area contributed by atoms with E-state index in [0.29, 0.717) is 23.2 Å². The summed E-state index contributed by atoms with van der Waals surface area (Å²) < 4.78 is 0. The van der Waals surface area contributed by atoms with Crippen LogP contribution in [0.1, 0.15) is 112 Å². The Morgan fingerprint density at radius 1 is 1.13 bits per heavy atom. The molecule has 4 N–H and O–H groups in total. The van der Waals surface area contributed by atoms with Gasteiger partial charge in [0, 0.05) is 5.54 Å². The number of fused-ring (bicyclic) bond motifs is 5. The van der Waals surface area contributed by atoms with Crippen molar-refractivity contribution in [2.45, 2.75) is 129 Å². The minimum atomic E-state index is -0.545. The van der Waals surface area contributed by atoms with E-state index in [-0.39, 0.29) is 11.0 Å². The van der Waals surface area contributed by atoms with Gasteiger partial charge in [0.1, 0.15) is 0 Å². The summed E-state index contributed by atoms with van der Waals surface area (Å²) in [5.74, 6) is 2.50. The van der Waals surface area contributed by atoms with Crippen LogP contribution in [0.2, 0.25) is 0 Å². The van der Waals surface area contributed by atoms with Crippen LogP contribution in [0.15, 0.2) is 11.6 Å². The van der Waals surface area contributed by atoms with Crippen LogP contribution in [-0.2, 0) is 0 Å². The lowest BCUT2D eigenvalue weighted by atomic mass is 9.43. The molecule has 0 saturated heterocycles. The number of hydrogen-bond acceptors (Lipinski definition) is 3. The van der Waals surface area contributed by atoms with E-state index in [1.165, 1.54) is 31.3 Å². The fraction of sp³-hybridized carbons (Fsp3) is 0.929. The molecule has 178 valence electrons. The van der Waals surface area contributed by atoms with Crippen molar-refractivity contribution in [2.24, 2.45) is 40.2 Å². The minimum Gasteiger partial charge on any atom is -0.390 e. The van der Waals surface area contributed by atoms with E-state index in [2.05, 4.69) is 33.8 Å². The zero-order valence-electron chi connectivity index (χ0n) is 21.1. The highest BCUT2D eigenvalue weighted by atomic mass is 16.3. The van der Waals surface area contributed by atoms with Crippen LogP contribution in [-0.4, -0.2) is 27.0 Å². The third-order valence-corrected chi connectivity index (χ3v) is 11.2. The van der Waals surface area contributed by atoms with Gasteiger partial charge < -0.3 is 15.9 Å². The average molecular weight is 432 g/mol.